The zero-order chi connectivity index (χ0) is 8.15. The third kappa shape index (κ3) is 6.34. The van der Waals surface area contributed by atoms with E-state index < -0.39 is 0 Å². The van der Waals surface area contributed by atoms with E-state index in [1.807, 2.05) is 0 Å². The first-order valence-electron chi connectivity index (χ1n) is 4.52. The lowest BCUT2D eigenvalue weighted by molar-refractivity contribution is 0.692. The van der Waals surface area contributed by atoms with Crippen LogP contribution in [0.5, 0.6) is 0 Å². The number of rotatable bonds is 4. The molecule has 0 aliphatic carbocycles. The number of hydrogen-bond donors (Lipinski definition) is 0. The van der Waals surface area contributed by atoms with Crippen LogP contribution in [-0.4, -0.2) is 8.80 Å². The van der Waals surface area contributed by atoms with Crippen molar-refractivity contribution in [3.63, 3.8) is 0 Å². The van der Waals surface area contributed by atoms with Crippen molar-refractivity contribution in [1.82, 2.24) is 0 Å². The van der Waals surface area contributed by atoms with Crippen LogP contribution >= 0.6 is 0 Å². The fraction of sp³-hybridized carbons (Fsp3) is 1.00. The van der Waals surface area contributed by atoms with Crippen LogP contribution in [-0.2, 0) is 0 Å². The molecule has 0 heterocycles. The monoisotopic (exact) mass is 158 g/mol. The zero-order valence-electron chi connectivity index (χ0n) is 8.15. The Morgan fingerprint density at radius 1 is 0.900 bits per heavy atom. The van der Waals surface area contributed by atoms with Crippen LogP contribution in [0.4, 0.5) is 0 Å². The minimum absolute atomic E-state index is 0.318. The van der Waals surface area contributed by atoms with E-state index in [-0.39, 0.29) is 8.80 Å². The Labute approximate surface area is 67.6 Å². The van der Waals surface area contributed by atoms with Crippen LogP contribution in [0.25, 0.3) is 0 Å². The van der Waals surface area contributed by atoms with Crippen LogP contribution in [0.2, 0.25) is 18.6 Å². The maximum Gasteiger partial charge on any atom is 0.0341 e. The lowest BCUT2D eigenvalue weighted by atomic mass is 10.3. The van der Waals surface area contributed by atoms with Gasteiger partial charge in [-0.15, -0.1) is 0 Å². The maximum absolute atomic E-state index is 2.50. The zero-order valence-corrected chi connectivity index (χ0v) is 9.30. The van der Waals surface area contributed by atoms with Crippen molar-refractivity contribution in [2.24, 2.45) is 11.8 Å². The predicted molar refractivity (Wildman–Crippen MR) is 52.3 cm³/mol. The summed E-state index contributed by atoms with van der Waals surface area (Å²) in [5.41, 5.74) is 0. The molecule has 10 heavy (non-hydrogen) atoms. The first kappa shape index (κ1) is 10.2. The molecule has 0 bridgehead atoms. The molecule has 0 aliphatic rings. The third-order valence-electron chi connectivity index (χ3n) is 1.75. The van der Waals surface area contributed by atoms with E-state index in [2.05, 4.69) is 34.2 Å². The maximum atomic E-state index is 2.50. The molecule has 0 radical (unpaired) electrons. The van der Waals surface area contributed by atoms with Crippen molar-refractivity contribution in [3.8, 4) is 0 Å². The van der Waals surface area contributed by atoms with E-state index in [0.29, 0.717) is 0 Å². The van der Waals surface area contributed by atoms with Crippen molar-refractivity contribution < 1.29 is 0 Å². The molecule has 0 aromatic carbocycles. The Morgan fingerprint density at radius 2 is 1.20 bits per heavy atom. The highest BCUT2D eigenvalue weighted by molar-refractivity contribution is 6.57. The van der Waals surface area contributed by atoms with E-state index in [4.69, 9.17) is 0 Å². The Balaban J connectivity index is 3.34. The van der Waals surface area contributed by atoms with E-state index >= 15 is 0 Å². The topological polar surface area (TPSA) is 0 Å². The van der Waals surface area contributed by atoms with Gasteiger partial charge in [0.2, 0.25) is 0 Å². The standard InChI is InChI=1S/C9H22Si/c1-8(2)6-10(5)7-9(3)4/h8-10H,6-7H2,1-5H3. The van der Waals surface area contributed by atoms with E-state index in [1.54, 1.807) is 0 Å². The van der Waals surface area contributed by atoms with Gasteiger partial charge in [-0.05, 0) is 11.8 Å². The molecule has 0 rings (SSSR count). The molecule has 0 N–H and O–H groups in total. The Kier molecular flexibility index (Phi) is 5.05. The summed E-state index contributed by atoms with van der Waals surface area (Å²) in [7, 11) is -0.318. The summed E-state index contributed by atoms with van der Waals surface area (Å²) in [6.07, 6.45) is 0. The second kappa shape index (κ2) is 4.95. The van der Waals surface area contributed by atoms with Crippen molar-refractivity contribution >= 4 is 8.80 Å². The van der Waals surface area contributed by atoms with Crippen LogP contribution in [0.3, 0.4) is 0 Å². The molecule has 0 fully saturated rings. The molecule has 0 aromatic heterocycles. The highest BCUT2D eigenvalue weighted by Gasteiger charge is 2.07. The molecule has 0 saturated carbocycles. The molecule has 0 nitrogen and oxygen atoms in total. The van der Waals surface area contributed by atoms with Crippen LogP contribution in [0.15, 0.2) is 0 Å². The van der Waals surface area contributed by atoms with Crippen molar-refractivity contribution in [2.75, 3.05) is 0 Å². The summed E-state index contributed by atoms with van der Waals surface area (Å²) in [6.45, 7) is 11.8. The third-order valence-corrected chi connectivity index (χ3v) is 5.24. The van der Waals surface area contributed by atoms with Gasteiger partial charge in [0, 0.05) is 8.80 Å². The van der Waals surface area contributed by atoms with Crippen LogP contribution < -0.4 is 0 Å². The fourth-order valence-electron chi connectivity index (χ4n) is 1.71. The Bertz CT molecular complexity index is 66.8. The van der Waals surface area contributed by atoms with E-state index in [1.165, 1.54) is 12.1 Å². The van der Waals surface area contributed by atoms with Gasteiger partial charge in [0.25, 0.3) is 0 Å². The molecule has 1 heteroatoms. The minimum Gasteiger partial charge on any atom is -0.0720 e. The molecule has 0 unspecified atom stereocenters. The Hall–Kier alpha value is 0.217. The molecular weight excluding hydrogens is 136 g/mol. The van der Waals surface area contributed by atoms with Gasteiger partial charge in [0.05, 0.1) is 0 Å². The lowest BCUT2D eigenvalue weighted by Gasteiger charge is -2.13. The van der Waals surface area contributed by atoms with Crippen LogP contribution in [0, 0.1) is 11.8 Å². The first-order valence-corrected chi connectivity index (χ1v) is 7.31. The largest absolute Gasteiger partial charge is 0.0720 e. The summed E-state index contributed by atoms with van der Waals surface area (Å²) < 4.78 is 0. The molecule has 0 aliphatic heterocycles. The first-order chi connectivity index (χ1) is 4.52. The highest BCUT2D eigenvalue weighted by atomic mass is 28.3. The summed E-state index contributed by atoms with van der Waals surface area (Å²) in [5.74, 6) is 1.86. The van der Waals surface area contributed by atoms with Gasteiger partial charge in [-0.3, -0.25) is 0 Å². The SMILES string of the molecule is CC(C)C[SiH](C)CC(C)C. The molecule has 0 spiro atoms. The molecular formula is C9H22Si. The van der Waals surface area contributed by atoms with Gasteiger partial charge >= 0.3 is 0 Å². The van der Waals surface area contributed by atoms with Gasteiger partial charge in [-0.25, -0.2) is 0 Å². The van der Waals surface area contributed by atoms with Crippen molar-refractivity contribution in [1.29, 1.82) is 0 Å². The van der Waals surface area contributed by atoms with Crippen molar-refractivity contribution in [2.45, 2.75) is 46.3 Å². The molecule has 0 amide bonds. The van der Waals surface area contributed by atoms with Gasteiger partial charge in [-0.2, -0.15) is 0 Å². The average molecular weight is 158 g/mol. The summed E-state index contributed by atoms with van der Waals surface area (Å²) in [5, 5.41) is 0. The lowest BCUT2D eigenvalue weighted by Crippen LogP contribution is -2.12. The van der Waals surface area contributed by atoms with Gasteiger partial charge in [-0.1, -0.05) is 46.3 Å². The Morgan fingerprint density at radius 3 is 1.40 bits per heavy atom. The molecule has 0 saturated heterocycles. The highest BCUT2D eigenvalue weighted by Crippen LogP contribution is 2.13. The molecule has 62 valence electrons. The minimum atomic E-state index is -0.318. The van der Waals surface area contributed by atoms with Gasteiger partial charge in [0.1, 0.15) is 0 Å². The quantitative estimate of drug-likeness (QED) is 0.551. The number of hydrogen-bond acceptors (Lipinski definition) is 0. The summed E-state index contributed by atoms with van der Waals surface area (Å²) in [6, 6.07) is 3.05. The molecule has 0 atom stereocenters. The fourth-order valence-corrected chi connectivity index (χ4v) is 5.12. The second-order valence-electron chi connectivity index (χ2n) is 4.36. The average Bonchev–Trinajstić information content (AvgIpc) is 1.58. The summed E-state index contributed by atoms with van der Waals surface area (Å²) in [4.78, 5) is 0. The van der Waals surface area contributed by atoms with Gasteiger partial charge in [0.15, 0.2) is 0 Å². The smallest absolute Gasteiger partial charge is 0.0341 e. The van der Waals surface area contributed by atoms with Gasteiger partial charge < -0.3 is 0 Å². The van der Waals surface area contributed by atoms with Crippen LogP contribution in [0.1, 0.15) is 27.7 Å². The van der Waals surface area contributed by atoms with E-state index in [9.17, 15) is 0 Å². The van der Waals surface area contributed by atoms with Crippen molar-refractivity contribution in [3.05, 3.63) is 0 Å². The second-order valence-corrected chi connectivity index (χ2v) is 7.52. The predicted octanol–water partition coefficient (Wildman–Crippen LogP) is 3.16. The molecule has 0 aromatic rings. The normalized spacial score (nSPS) is 12.0. The summed E-state index contributed by atoms with van der Waals surface area (Å²) >= 11 is 0. The van der Waals surface area contributed by atoms with E-state index in [0.717, 1.165) is 11.8 Å².